The van der Waals surface area contributed by atoms with Crippen LogP contribution >= 0.6 is 0 Å². The first-order valence-electron chi connectivity index (χ1n) is 6.89. The van der Waals surface area contributed by atoms with Crippen molar-refractivity contribution in [2.45, 2.75) is 6.54 Å². The van der Waals surface area contributed by atoms with Crippen molar-refractivity contribution in [1.29, 1.82) is 0 Å². The molecule has 0 fully saturated rings. The average molecular weight is 335 g/mol. The van der Waals surface area contributed by atoms with Crippen LogP contribution in [0.25, 0.3) is 0 Å². The van der Waals surface area contributed by atoms with Gasteiger partial charge in [-0.3, -0.25) is 4.79 Å². The molecule has 1 aromatic heterocycles. The van der Waals surface area contributed by atoms with Crippen LogP contribution in [0.5, 0.6) is 17.2 Å². The number of ether oxygens (including phenoxy) is 3. The Morgan fingerprint density at radius 2 is 1.71 bits per heavy atom. The molecule has 0 unspecified atom stereocenters. The van der Waals surface area contributed by atoms with Gasteiger partial charge < -0.3 is 29.1 Å². The number of rotatable bonds is 7. The highest BCUT2D eigenvalue weighted by Gasteiger charge is 2.17. The zero-order valence-corrected chi connectivity index (χ0v) is 13.4. The fraction of sp³-hybridized carbons (Fsp3) is 0.250. The number of benzene rings is 1. The SMILES string of the molecule is COc1cc(OC)c(CNC(=O)c2cc(C(=O)O)co2)c(OC)c1. The van der Waals surface area contributed by atoms with E-state index in [4.69, 9.17) is 23.7 Å². The van der Waals surface area contributed by atoms with Gasteiger partial charge in [-0.2, -0.15) is 0 Å². The van der Waals surface area contributed by atoms with Gasteiger partial charge in [0.15, 0.2) is 5.76 Å². The third-order valence-electron chi connectivity index (χ3n) is 3.31. The minimum absolute atomic E-state index is 0.0955. The highest BCUT2D eigenvalue weighted by Crippen LogP contribution is 2.33. The summed E-state index contributed by atoms with van der Waals surface area (Å²) in [6, 6.07) is 4.49. The van der Waals surface area contributed by atoms with Crippen molar-refractivity contribution in [3.05, 3.63) is 41.3 Å². The summed E-state index contributed by atoms with van der Waals surface area (Å²) in [5, 5.41) is 11.5. The van der Waals surface area contributed by atoms with E-state index < -0.39 is 11.9 Å². The summed E-state index contributed by atoms with van der Waals surface area (Å²) in [6.45, 7) is 0.0955. The quantitative estimate of drug-likeness (QED) is 0.796. The second kappa shape index (κ2) is 7.40. The topological polar surface area (TPSA) is 107 Å². The summed E-state index contributed by atoms with van der Waals surface area (Å²) in [4.78, 5) is 22.9. The number of carbonyl (C=O) groups excluding carboxylic acids is 1. The smallest absolute Gasteiger partial charge is 0.338 e. The molecule has 0 atom stereocenters. The summed E-state index contributed by atoms with van der Waals surface area (Å²) >= 11 is 0. The number of carbonyl (C=O) groups is 2. The molecule has 0 bridgehead atoms. The molecule has 2 N–H and O–H groups in total. The number of carboxylic acid groups (broad SMARTS) is 1. The molecule has 0 saturated heterocycles. The molecule has 24 heavy (non-hydrogen) atoms. The Hall–Kier alpha value is -3.16. The van der Waals surface area contributed by atoms with Gasteiger partial charge in [-0.1, -0.05) is 0 Å². The summed E-state index contributed by atoms with van der Waals surface area (Å²) in [7, 11) is 4.50. The Labute approximate surface area is 137 Å². The van der Waals surface area contributed by atoms with Gasteiger partial charge in [0.2, 0.25) is 0 Å². The van der Waals surface area contributed by atoms with E-state index in [9.17, 15) is 9.59 Å². The predicted octanol–water partition coefficient (Wildman–Crippen LogP) is 1.93. The van der Waals surface area contributed by atoms with Crippen molar-refractivity contribution in [3.63, 3.8) is 0 Å². The van der Waals surface area contributed by atoms with Crippen LogP contribution in [-0.2, 0) is 6.54 Å². The van der Waals surface area contributed by atoms with Gasteiger partial charge in [0.25, 0.3) is 5.91 Å². The number of furan rings is 1. The summed E-state index contributed by atoms with van der Waals surface area (Å²) < 4.78 is 20.7. The highest BCUT2D eigenvalue weighted by atomic mass is 16.5. The van der Waals surface area contributed by atoms with Crippen LogP contribution in [0.3, 0.4) is 0 Å². The van der Waals surface area contributed by atoms with Crippen LogP contribution in [-0.4, -0.2) is 38.3 Å². The standard InChI is InChI=1S/C16H17NO7/c1-21-10-5-12(22-2)11(13(6-10)23-3)7-17-15(18)14-4-9(8-24-14)16(19)20/h4-6,8H,7H2,1-3H3,(H,17,18)(H,19,20). The van der Waals surface area contributed by atoms with Crippen molar-refractivity contribution >= 4 is 11.9 Å². The molecule has 0 aliphatic rings. The van der Waals surface area contributed by atoms with Crippen molar-refractivity contribution in [2.75, 3.05) is 21.3 Å². The number of hydrogen-bond acceptors (Lipinski definition) is 6. The second-order valence-corrected chi connectivity index (χ2v) is 4.70. The van der Waals surface area contributed by atoms with Crippen LogP contribution in [0.15, 0.2) is 28.9 Å². The summed E-state index contributed by atoms with van der Waals surface area (Å²) in [5.74, 6) is -0.303. The molecule has 128 valence electrons. The van der Waals surface area contributed by atoms with E-state index in [1.807, 2.05) is 0 Å². The number of methoxy groups -OCH3 is 3. The first-order valence-corrected chi connectivity index (χ1v) is 6.89. The van der Waals surface area contributed by atoms with Gasteiger partial charge in [-0.05, 0) is 0 Å². The minimum atomic E-state index is -1.17. The second-order valence-electron chi connectivity index (χ2n) is 4.70. The molecule has 8 nitrogen and oxygen atoms in total. The molecule has 2 rings (SSSR count). The first kappa shape index (κ1) is 17.2. The van der Waals surface area contributed by atoms with Crippen LogP contribution in [0.2, 0.25) is 0 Å². The number of carboxylic acids is 1. The van der Waals surface area contributed by atoms with Crippen LogP contribution < -0.4 is 19.5 Å². The van der Waals surface area contributed by atoms with Crippen molar-refractivity contribution in [1.82, 2.24) is 5.32 Å². The molecule has 0 radical (unpaired) electrons. The van der Waals surface area contributed by atoms with E-state index in [2.05, 4.69) is 5.32 Å². The van der Waals surface area contributed by atoms with Gasteiger partial charge in [-0.15, -0.1) is 0 Å². The molecule has 1 amide bonds. The highest BCUT2D eigenvalue weighted by molar-refractivity contribution is 5.95. The lowest BCUT2D eigenvalue weighted by atomic mass is 10.1. The number of amides is 1. The lowest BCUT2D eigenvalue weighted by Crippen LogP contribution is -2.23. The lowest BCUT2D eigenvalue weighted by molar-refractivity contribution is 0.0695. The number of aromatic carboxylic acids is 1. The molecule has 0 saturated carbocycles. The van der Waals surface area contributed by atoms with E-state index in [0.717, 1.165) is 12.3 Å². The zero-order valence-electron chi connectivity index (χ0n) is 13.4. The van der Waals surface area contributed by atoms with Crippen LogP contribution in [0.1, 0.15) is 26.5 Å². The van der Waals surface area contributed by atoms with Crippen molar-refractivity contribution in [3.8, 4) is 17.2 Å². The Morgan fingerprint density at radius 1 is 1.08 bits per heavy atom. The monoisotopic (exact) mass is 335 g/mol. The number of nitrogens with one attached hydrogen (secondary N) is 1. The lowest BCUT2D eigenvalue weighted by Gasteiger charge is -2.15. The van der Waals surface area contributed by atoms with Crippen LogP contribution in [0, 0.1) is 0 Å². The number of hydrogen-bond donors (Lipinski definition) is 2. The average Bonchev–Trinajstić information content (AvgIpc) is 3.09. The molecule has 0 aliphatic heterocycles. The van der Waals surface area contributed by atoms with Crippen LogP contribution in [0.4, 0.5) is 0 Å². The van der Waals surface area contributed by atoms with E-state index in [1.54, 1.807) is 12.1 Å². The van der Waals surface area contributed by atoms with E-state index in [0.29, 0.717) is 22.8 Å². The van der Waals surface area contributed by atoms with Gasteiger partial charge >= 0.3 is 5.97 Å². The Kier molecular flexibility index (Phi) is 5.31. The van der Waals surface area contributed by atoms with Gasteiger partial charge in [0.05, 0.1) is 39.0 Å². The van der Waals surface area contributed by atoms with Crippen molar-refractivity contribution in [2.24, 2.45) is 0 Å². The third kappa shape index (κ3) is 3.60. The zero-order chi connectivity index (χ0) is 17.7. The molecule has 1 heterocycles. The maximum absolute atomic E-state index is 12.1. The molecular weight excluding hydrogens is 318 g/mol. The maximum atomic E-state index is 12.1. The summed E-state index contributed by atoms with van der Waals surface area (Å²) in [5.41, 5.74) is 0.513. The van der Waals surface area contributed by atoms with E-state index >= 15 is 0 Å². The molecule has 2 aromatic rings. The molecule has 0 spiro atoms. The normalized spacial score (nSPS) is 10.1. The molecule has 0 aliphatic carbocycles. The maximum Gasteiger partial charge on any atom is 0.338 e. The fourth-order valence-electron chi connectivity index (χ4n) is 2.08. The predicted molar refractivity (Wildman–Crippen MR) is 82.9 cm³/mol. The molecule has 8 heteroatoms. The molecular formula is C16H17NO7. The van der Waals surface area contributed by atoms with E-state index in [1.165, 1.54) is 21.3 Å². The van der Waals surface area contributed by atoms with Gasteiger partial charge in [-0.25, -0.2) is 4.79 Å². The Balaban J connectivity index is 2.18. The Morgan fingerprint density at radius 3 is 2.17 bits per heavy atom. The minimum Gasteiger partial charge on any atom is -0.496 e. The van der Waals surface area contributed by atoms with Crippen molar-refractivity contribution < 1.29 is 33.3 Å². The third-order valence-corrected chi connectivity index (χ3v) is 3.31. The Bertz CT molecular complexity index is 726. The van der Waals surface area contributed by atoms with Gasteiger partial charge in [0, 0.05) is 18.2 Å². The summed E-state index contributed by atoms with van der Waals surface area (Å²) in [6.07, 6.45) is 1.01. The molecule has 1 aromatic carbocycles. The largest absolute Gasteiger partial charge is 0.496 e. The fourth-order valence-corrected chi connectivity index (χ4v) is 2.08. The van der Waals surface area contributed by atoms with E-state index in [-0.39, 0.29) is 17.9 Å². The van der Waals surface area contributed by atoms with Gasteiger partial charge in [0.1, 0.15) is 23.5 Å². The first-order chi connectivity index (χ1) is 11.5.